The van der Waals surface area contributed by atoms with Crippen LogP contribution in [-0.4, -0.2) is 57.7 Å². The first kappa shape index (κ1) is 25.2. The highest BCUT2D eigenvalue weighted by Gasteiger charge is 2.40. The topological polar surface area (TPSA) is 85.9 Å². The quantitative estimate of drug-likeness (QED) is 0.491. The van der Waals surface area contributed by atoms with Gasteiger partial charge in [-0.25, -0.2) is 9.37 Å². The number of hydrogen-bond donors (Lipinski definition) is 1. The number of pyridine rings is 1. The van der Waals surface area contributed by atoms with Gasteiger partial charge in [-0.15, -0.1) is 0 Å². The number of anilines is 2. The fourth-order valence-corrected chi connectivity index (χ4v) is 5.97. The fourth-order valence-electron chi connectivity index (χ4n) is 5.97. The summed E-state index contributed by atoms with van der Waals surface area (Å²) in [6, 6.07) is 19.1. The number of carbonyl (C=O) groups is 3. The summed E-state index contributed by atoms with van der Waals surface area (Å²) in [7, 11) is 0. The van der Waals surface area contributed by atoms with Gasteiger partial charge in [0.2, 0.25) is 11.8 Å². The number of likely N-dealkylation sites (tertiary alicyclic amines) is 1. The Morgan fingerprint density at radius 2 is 1.72 bits per heavy atom. The maximum absolute atomic E-state index is 15.7. The molecule has 1 atom stereocenters. The molecule has 6 rings (SSSR count). The van der Waals surface area contributed by atoms with Crippen molar-refractivity contribution in [3.63, 3.8) is 0 Å². The van der Waals surface area contributed by atoms with Crippen LogP contribution in [0.1, 0.15) is 47.2 Å². The minimum atomic E-state index is -0.754. The van der Waals surface area contributed by atoms with Crippen molar-refractivity contribution in [2.45, 2.75) is 50.9 Å². The van der Waals surface area contributed by atoms with Gasteiger partial charge in [-0.05, 0) is 49.6 Å². The minimum Gasteiger partial charge on any atom is -0.323 e. The molecule has 2 saturated heterocycles. The summed E-state index contributed by atoms with van der Waals surface area (Å²) in [5, 5.41) is 2.29. The first-order valence-corrected chi connectivity index (χ1v) is 13.4. The zero-order valence-electron chi connectivity index (χ0n) is 21.6. The van der Waals surface area contributed by atoms with Gasteiger partial charge in [0.15, 0.2) is 0 Å². The molecule has 0 radical (unpaired) electrons. The predicted octanol–water partition coefficient (Wildman–Crippen LogP) is 3.78. The number of amides is 3. The van der Waals surface area contributed by atoms with Crippen LogP contribution in [-0.2, 0) is 22.7 Å². The summed E-state index contributed by atoms with van der Waals surface area (Å²) in [5.74, 6) is -0.661. The molecule has 200 valence electrons. The number of benzene rings is 2. The second kappa shape index (κ2) is 10.6. The van der Waals surface area contributed by atoms with Gasteiger partial charge in [0.25, 0.3) is 5.91 Å². The van der Waals surface area contributed by atoms with Gasteiger partial charge in [0, 0.05) is 60.7 Å². The molecule has 2 aromatic carbocycles. The van der Waals surface area contributed by atoms with Crippen molar-refractivity contribution in [3.8, 4) is 0 Å². The summed E-state index contributed by atoms with van der Waals surface area (Å²) in [4.78, 5) is 47.4. The second-order valence-corrected chi connectivity index (χ2v) is 10.4. The Morgan fingerprint density at radius 3 is 2.44 bits per heavy atom. The molecule has 3 amide bonds. The summed E-state index contributed by atoms with van der Waals surface area (Å²) in [6.07, 6.45) is 4.04. The molecule has 0 spiro atoms. The van der Waals surface area contributed by atoms with Crippen LogP contribution in [0.25, 0.3) is 0 Å². The Labute approximate surface area is 226 Å². The van der Waals surface area contributed by atoms with Crippen LogP contribution in [0.4, 0.5) is 15.9 Å². The SMILES string of the molecule is O=C1CCC(N2Cc3c(ccc(CN4CCC(N(c5ccccc5)c5ccccn5)CC4)c3F)C2=O)C(=O)N1. The van der Waals surface area contributed by atoms with E-state index < -0.39 is 11.9 Å². The van der Waals surface area contributed by atoms with E-state index in [-0.39, 0.29) is 43.1 Å². The third kappa shape index (κ3) is 4.90. The third-order valence-electron chi connectivity index (χ3n) is 7.98. The number of para-hydroxylation sites is 1. The van der Waals surface area contributed by atoms with Crippen LogP contribution in [0.15, 0.2) is 66.9 Å². The largest absolute Gasteiger partial charge is 0.323 e. The minimum absolute atomic E-state index is 0.0400. The monoisotopic (exact) mass is 527 g/mol. The standard InChI is InChI=1S/C30H30FN5O3/c31-28-20(9-10-23-24(28)19-35(30(23)39)25-11-12-27(37)33-29(25)38)18-34-16-13-22(14-17-34)36(21-6-2-1-3-7-21)26-8-4-5-15-32-26/h1-10,15,22,25H,11-14,16-19H2,(H,33,37,38). The summed E-state index contributed by atoms with van der Waals surface area (Å²) < 4.78 is 15.7. The normalized spacial score (nSPS) is 20.2. The highest BCUT2D eigenvalue weighted by Crippen LogP contribution is 2.33. The number of nitrogens with zero attached hydrogens (tertiary/aromatic N) is 4. The molecule has 3 aromatic rings. The molecule has 2 fully saturated rings. The van der Waals surface area contributed by atoms with E-state index in [2.05, 4.69) is 32.2 Å². The zero-order chi connectivity index (χ0) is 26.9. The first-order chi connectivity index (χ1) is 19.0. The van der Waals surface area contributed by atoms with Gasteiger partial charge in [0.1, 0.15) is 17.7 Å². The van der Waals surface area contributed by atoms with Crippen LogP contribution in [0.2, 0.25) is 0 Å². The number of aromatic nitrogens is 1. The zero-order valence-corrected chi connectivity index (χ0v) is 21.6. The Hall–Kier alpha value is -4.11. The third-order valence-corrected chi connectivity index (χ3v) is 7.98. The van der Waals surface area contributed by atoms with Gasteiger partial charge in [0.05, 0.1) is 6.54 Å². The van der Waals surface area contributed by atoms with E-state index in [4.69, 9.17) is 0 Å². The van der Waals surface area contributed by atoms with Crippen molar-refractivity contribution in [3.05, 3.63) is 89.4 Å². The van der Waals surface area contributed by atoms with E-state index in [9.17, 15) is 14.4 Å². The Balaban J connectivity index is 1.14. The maximum atomic E-state index is 15.7. The van der Waals surface area contributed by atoms with E-state index in [1.54, 1.807) is 12.1 Å². The molecular weight excluding hydrogens is 497 g/mol. The molecule has 8 nitrogen and oxygen atoms in total. The van der Waals surface area contributed by atoms with Crippen LogP contribution in [0.5, 0.6) is 0 Å². The fraction of sp³-hybridized carbons (Fsp3) is 0.333. The van der Waals surface area contributed by atoms with Crippen LogP contribution in [0, 0.1) is 5.82 Å². The van der Waals surface area contributed by atoms with Crippen LogP contribution in [0.3, 0.4) is 0 Å². The van der Waals surface area contributed by atoms with Crippen molar-refractivity contribution in [1.82, 2.24) is 20.1 Å². The molecule has 0 aliphatic carbocycles. The summed E-state index contributed by atoms with van der Waals surface area (Å²) >= 11 is 0. The van der Waals surface area contributed by atoms with Crippen molar-refractivity contribution >= 4 is 29.2 Å². The van der Waals surface area contributed by atoms with Gasteiger partial charge in [-0.2, -0.15) is 0 Å². The lowest BCUT2D eigenvalue weighted by atomic mass is 10.00. The summed E-state index contributed by atoms with van der Waals surface area (Å²) in [6.45, 7) is 2.10. The Bertz CT molecular complexity index is 1350. The highest BCUT2D eigenvalue weighted by atomic mass is 19.1. The maximum Gasteiger partial charge on any atom is 0.255 e. The molecule has 1 aromatic heterocycles. The number of halogens is 1. The molecular formula is C30H30FN5O3. The van der Waals surface area contributed by atoms with E-state index in [0.717, 1.165) is 37.4 Å². The number of hydrogen-bond acceptors (Lipinski definition) is 6. The van der Waals surface area contributed by atoms with Gasteiger partial charge >= 0.3 is 0 Å². The van der Waals surface area contributed by atoms with Gasteiger partial charge in [-0.1, -0.05) is 30.3 Å². The van der Waals surface area contributed by atoms with Crippen molar-refractivity contribution in [2.24, 2.45) is 0 Å². The van der Waals surface area contributed by atoms with E-state index >= 15 is 4.39 Å². The molecule has 0 bridgehead atoms. The van der Waals surface area contributed by atoms with Crippen molar-refractivity contribution in [1.29, 1.82) is 0 Å². The van der Waals surface area contributed by atoms with Crippen molar-refractivity contribution < 1.29 is 18.8 Å². The molecule has 4 heterocycles. The Kier molecular flexibility index (Phi) is 6.83. The highest BCUT2D eigenvalue weighted by molar-refractivity contribution is 6.05. The summed E-state index contributed by atoms with van der Waals surface area (Å²) in [5.41, 5.74) is 2.29. The number of carbonyl (C=O) groups excluding carboxylic acids is 3. The van der Waals surface area contributed by atoms with Crippen LogP contribution < -0.4 is 10.2 Å². The average Bonchev–Trinajstić information content (AvgIpc) is 3.29. The van der Waals surface area contributed by atoms with Gasteiger partial charge in [-0.3, -0.25) is 24.6 Å². The van der Waals surface area contributed by atoms with Gasteiger partial charge < -0.3 is 9.80 Å². The molecule has 3 aliphatic heterocycles. The van der Waals surface area contributed by atoms with E-state index in [1.807, 2.05) is 42.6 Å². The lowest BCUT2D eigenvalue weighted by molar-refractivity contribution is -0.136. The van der Waals surface area contributed by atoms with E-state index in [0.29, 0.717) is 23.2 Å². The molecule has 3 aliphatic rings. The molecule has 1 N–H and O–H groups in total. The average molecular weight is 528 g/mol. The molecule has 1 unspecified atom stereocenters. The number of piperidine rings is 2. The smallest absolute Gasteiger partial charge is 0.255 e. The van der Waals surface area contributed by atoms with Crippen LogP contribution >= 0.6 is 0 Å². The van der Waals surface area contributed by atoms with Crippen molar-refractivity contribution in [2.75, 3.05) is 18.0 Å². The predicted molar refractivity (Wildman–Crippen MR) is 144 cm³/mol. The first-order valence-electron chi connectivity index (χ1n) is 13.4. The van der Waals surface area contributed by atoms with E-state index in [1.165, 1.54) is 4.90 Å². The molecule has 39 heavy (non-hydrogen) atoms. The molecule has 0 saturated carbocycles. The molecule has 9 heteroatoms. The second-order valence-electron chi connectivity index (χ2n) is 10.4. The number of fused-ring (bicyclic) bond motifs is 1. The number of rotatable bonds is 6. The number of nitrogens with one attached hydrogen (secondary N) is 1. The number of imide groups is 1. The lowest BCUT2D eigenvalue weighted by Crippen LogP contribution is -2.52. The Morgan fingerprint density at radius 1 is 0.949 bits per heavy atom. The lowest BCUT2D eigenvalue weighted by Gasteiger charge is -2.39.